The Kier molecular flexibility index (Phi) is 4.89. The van der Waals surface area contributed by atoms with E-state index in [0.29, 0.717) is 5.69 Å². The molecule has 1 saturated heterocycles. The Hall–Kier alpha value is -2.96. The topological polar surface area (TPSA) is 53.0 Å². The molecular formula is C24H27N4O2+. The highest BCUT2D eigenvalue weighted by atomic mass is 16.5. The van der Waals surface area contributed by atoms with E-state index in [1.807, 2.05) is 28.7 Å². The van der Waals surface area contributed by atoms with E-state index in [1.54, 1.807) is 11.8 Å². The van der Waals surface area contributed by atoms with Gasteiger partial charge in [-0.25, -0.2) is 4.98 Å². The Labute approximate surface area is 175 Å². The van der Waals surface area contributed by atoms with Gasteiger partial charge in [-0.3, -0.25) is 9.20 Å². The monoisotopic (exact) mass is 403 g/mol. The maximum atomic E-state index is 12.8. The van der Waals surface area contributed by atoms with Gasteiger partial charge in [0.15, 0.2) is 5.78 Å². The highest BCUT2D eigenvalue weighted by molar-refractivity contribution is 6.01. The van der Waals surface area contributed by atoms with Crippen LogP contribution in [0.15, 0.2) is 48.5 Å². The van der Waals surface area contributed by atoms with Gasteiger partial charge in [0.05, 0.1) is 37.3 Å². The zero-order valence-electron chi connectivity index (χ0n) is 17.5. The van der Waals surface area contributed by atoms with Crippen molar-refractivity contribution in [2.45, 2.75) is 20.4 Å². The lowest BCUT2D eigenvalue weighted by Gasteiger charge is -2.23. The normalized spacial score (nSPS) is 15.3. The number of quaternary nitrogens is 1. The highest BCUT2D eigenvalue weighted by Gasteiger charge is 2.24. The summed E-state index contributed by atoms with van der Waals surface area (Å²) in [6.07, 6.45) is 0. The van der Waals surface area contributed by atoms with E-state index < -0.39 is 0 Å². The summed E-state index contributed by atoms with van der Waals surface area (Å²) < 4.78 is 9.81. The molecule has 154 valence electrons. The summed E-state index contributed by atoms with van der Waals surface area (Å²) in [5.41, 5.74) is 5.73. The number of ketones is 1. The summed E-state index contributed by atoms with van der Waals surface area (Å²) in [4.78, 5) is 19.3. The number of Topliss-reactive ketones (excluding diaryl/α,β-unsaturated/α-hetero) is 1. The number of carbonyl (C=O) groups is 1. The zero-order valence-corrected chi connectivity index (χ0v) is 17.5. The molecular weight excluding hydrogens is 376 g/mol. The maximum Gasteiger partial charge on any atom is 0.216 e. The van der Waals surface area contributed by atoms with E-state index >= 15 is 0 Å². The molecule has 4 aromatic rings. The number of para-hydroxylation sites is 2. The van der Waals surface area contributed by atoms with Crippen LogP contribution in [0.25, 0.3) is 28.1 Å². The quantitative estimate of drug-likeness (QED) is 0.521. The second-order valence-corrected chi connectivity index (χ2v) is 8.12. The van der Waals surface area contributed by atoms with Gasteiger partial charge >= 0.3 is 0 Å². The van der Waals surface area contributed by atoms with E-state index in [0.717, 1.165) is 67.5 Å². The van der Waals surface area contributed by atoms with Crippen LogP contribution in [-0.2, 0) is 11.3 Å². The minimum absolute atomic E-state index is 0.0276. The molecule has 1 N–H and O–H groups in total. The van der Waals surface area contributed by atoms with Crippen molar-refractivity contribution < 1.29 is 14.4 Å². The van der Waals surface area contributed by atoms with Gasteiger partial charge in [0.25, 0.3) is 0 Å². The third-order valence-corrected chi connectivity index (χ3v) is 6.06. The maximum absolute atomic E-state index is 12.8. The molecule has 5 rings (SSSR count). The second-order valence-electron chi connectivity index (χ2n) is 8.12. The number of nitrogens with one attached hydrogen (secondary N) is 1. The zero-order chi connectivity index (χ0) is 20.7. The molecule has 2 aromatic heterocycles. The van der Waals surface area contributed by atoms with Crippen LogP contribution in [0.5, 0.6) is 0 Å². The molecule has 1 fully saturated rings. The molecule has 0 bridgehead atoms. The molecule has 1 aliphatic rings. The summed E-state index contributed by atoms with van der Waals surface area (Å²) in [7, 11) is 0. The Morgan fingerprint density at radius 3 is 2.47 bits per heavy atom. The first kappa shape index (κ1) is 19.0. The third-order valence-electron chi connectivity index (χ3n) is 6.06. The van der Waals surface area contributed by atoms with Crippen LogP contribution in [0.2, 0.25) is 0 Å². The number of fused-ring (bicyclic) bond motifs is 3. The number of morpholine rings is 1. The molecule has 0 radical (unpaired) electrons. The Morgan fingerprint density at radius 1 is 1.07 bits per heavy atom. The number of hydrogen-bond acceptors (Lipinski definition) is 3. The molecule has 1 aliphatic heterocycles. The molecule has 0 aliphatic carbocycles. The lowest BCUT2D eigenvalue weighted by Crippen LogP contribution is -3.14. The molecule has 0 spiro atoms. The first-order chi connectivity index (χ1) is 14.6. The fourth-order valence-corrected chi connectivity index (χ4v) is 4.44. The van der Waals surface area contributed by atoms with Crippen LogP contribution in [0, 0.1) is 6.92 Å². The van der Waals surface area contributed by atoms with E-state index in [2.05, 4.69) is 35.8 Å². The number of imidazole rings is 2. The third kappa shape index (κ3) is 3.22. The van der Waals surface area contributed by atoms with Crippen molar-refractivity contribution in [3.63, 3.8) is 0 Å². The van der Waals surface area contributed by atoms with Crippen LogP contribution in [0.1, 0.15) is 23.0 Å². The Balaban J connectivity index is 1.67. The van der Waals surface area contributed by atoms with Crippen LogP contribution < -0.4 is 4.90 Å². The minimum atomic E-state index is 0.0276. The van der Waals surface area contributed by atoms with Gasteiger partial charge in [0.2, 0.25) is 5.78 Å². The molecule has 30 heavy (non-hydrogen) atoms. The number of benzene rings is 2. The fraction of sp³-hybridized carbons (Fsp3) is 0.333. The van der Waals surface area contributed by atoms with Crippen molar-refractivity contribution in [3.8, 4) is 11.3 Å². The van der Waals surface area contributed by atoms with Gasteiger partial charge in [-0.2, -0.15) is 0 Å². The molecule has 0 atom stereocenters. The number of nitrogens with zero attached hydrogens (tertiary/aromatic N) is 3. The van der Waals surface area contributed by atoms with E-state index in [1.165, 1.54) is 5.56 Å². The SMILES string of the molecule is CC(=O)c1c(-c2ccc(C)cc2)nc2n(CC[NH+]3CCOCC3)c3ccccc3n12. The van der Waals surface area contributed by atoms with Gasteiger partial charge in [0.1, 0.15) is 24.5 Å². The van der Waals surface area contributed by atoms with E-state index in [9.17, 15) is 4.79 Å². The van der Waals surface area contributed by atoms with Gasteiger partial charge in [-0.1, -0.05) is 42.0 Å². The largest absolute Gasteiger partial charge is 0.370 e. The van der Waals surface area contributed by atoms with Crippen LogP contribution in [0.3, 0.4) is 0 Å². The van der Waals surface area contributed by atoms with Gasteiger partial charge < -0.3 is 14.2 Å². The van der Waals surface area contributed by atoms with E-state index in [4.69, 9.17) is 9.72 Å². The standard InChI is InChI=1S/C24H26N4O2/c1-17-7-9-19(10-8-17)22-23(18(2)29)28-21-6-4-3-5-20(21)27(24(28)25-22)12-11-26-13-15-30-16-14-26/h3-10H,11-16H2,1-2H3/p+1. The van der Waals surface area contributed by atoms with Crippen molar-refractivity contribution >= 4 is 22.6 Å². The molecule has 3 heterocycles. The van der Waals surface area contributed by atoms with Crippen LogP contribution in [-0.4, -0.2) is 52.6 Å². The van der Waals surface area contributed by atoms with Crippen molar-refractivity contribution in [2.75, 3.05) is 32.8 Å². The first-order valence-corrected chi connectivity index (χ1v) is 10.6. The summed E-state index contributed by atoms with van der Waals surface area (Å²) >= 11 is 0. The molecule has 6 heteroatoms. The van der Waals surface area contributed by atoms with Crippen LogP contribution in [0.4, 0.5) is 0 Å². The summed E-state index contributed by atoms with van der Waals surface area (Å²) in [5.74, 6) is 0.865. The van der Waals surface area contributed by atoms with Crippen LogP contribution >= 0.6 is 0 Å². The number of carbonyl (C=O) groups excluding carboxylic acids is 1. The van der Waals surface area contributed by atoms with Gasteiger partial charge in [0, 0.05) is 12.5 Å². The van der Waals surface area contributed by atoms with E-state index in [-0.39, 0.29) is 5.78 Å². The second kappa shape index (κ2) is 7.70. The van der Waals surface area contributed by atoms with Crippen molar-refractivity contribution in [3.05, 3.63) is 59.8 Å². The lowest BCUT2D eigenvalue weighted by atomic mass is 10.1. The average molecular weight is 404 g/mol. The van der Waals surface area contributed by atoms with Crippen molar-refractivity contribution in [1.29, 1.82) is 0 Å². The van der Waals surface area contributed by atoms with Gasteiger partial charge in [-0.05, 0) is 19.1 Å². The number of ether oxygens (including phenoxy) is 1. The predicted octanol–water partition coefficient (Wildman–Crippen LogP) is 2.38. The fourth-order valence-electron chi connectivity index (χ4n) is 4.44. The van der Waals surface area contributed by atoms with Crippen molar-refractivity contribution in [2.24, 2.45) is 0 Å². The number of hydrogen-bond donors (Lipinski definition) is 1. The number of rotatable bonds is 5. The highest BCUT2D eigenvalue weighted by Crippen LogP contribution is 2.30. The Morgan fingerprint density at radius 2 is 1.77 bits per heavy atom. The molecule has 6 nitrogen and oxygen atoms in total. The molecule has 0 unspecified atom stereocenters. The predicted molar refractivity (Wildman–Crippen MR) is 117 cm³/mol. The summed E-state index contributed by atoms with van der Waals surface area (Å²) in [6, 6.07) is 16.5. The number of aryl methyl sites for hydroxylation is 1. The minimum Gasteiger partial charge on any atom is -0.370 e. The lowest BCUT2D eigenvalue weighted by molar-refractivity contribution is -0.908. The summed E-state index contributed by atoms with van der Waals surface area (Å²) in [6.45, 7) is 9.29. The first-order valence-electron chi connectivity index (χ1n) is 10.6. The molecule has 0 amide bonds. The number of aromatic nitrogens is 3. The Bertz CT molecular complexity index is 1210. The van der Waals surface area contributed by atoms with Crippen molar-refractivity contribution in [1.82, 2.24) is 14.0 Å². The molecule has 0 saturated carbocycles. The smallest absolute Gasteiger partial charge is 0.216 e. The summed E-state index contributed by atoms with van der Waals surface area (Å²) in [5, 5.41) is 0. The van der Waals surface area contributed by atoms with Gasteiger partial charge in [-0.15, -0.1) is 0 Å². The average Bonchev–Trinajstić information content (AvgIpc) is 3.29. The molecule has 2 aromatic carbocycles.